The molecule has 0 radical (unpaired) electrons. The number of benzene rings is 1. The molecule has 18 heavy (non-hydrogen) atoms. The lowest BCUT2D eigenvalue weighted by molar-refractivity contribution is 0.0292. The van der Waals surface area contributed by atoms with Crippen molar-refractivity contribution in [1.82, 2.24) is 0 Å². The van der Waals surface area contributed by atoms with Gasteiger partial charge in [-0.15, -0.1) is 6.58 Å². The summed E-state index contributed by atoms with van der Waals surface area (Å²) in [4.78, 5) is 22.2. The highest BCUT2D eigenvalue weighted by molar-refractivity contribution is 6.02. The second-order valence-electron chi connectivity index (χ2n) is 3.43. The fraction of sp³-hybridized carbons (Fsp3) is 0.231. The monoisotopic (exact) mass is 250 g/mol. The smallest absolute Gasteiger partial charge is 0.341 e. The van der Waals surface area contributed by atoms with Gasteiger partial charge in [-0.1, -0.05) is 18.2 Å². The van der Waals surface area contributed by atoms with Gasteiger partial charge in [-0.25, -0.2) is 9.59 Å². The van der Waals surface area contributed by atoms with Crippen LogP contribution in [0, 0.1) is 0 Å². The molecule has 5 heteroatoms. The Bertz CT molecular complexity index is 448. The number of epoxide rings is 1. The molecular formula is C13H14O5. The van der Waals surface area contributed by atoms with E-state index in [0.717, 1.165) is 0 Å². The number of rotatable bonds is 3. The van der Waals surface area contributed by atoms with Gasteiger partial charge in [-0.3, -0.25) is 0 Å². The van der Waals surface area contributed by atoms with Crippen molar-refractivity contribution >= 4 is 11.9 Å². The first kappa shape index (κ1) is 13.9. The molecule has 0 amide bonds. The van der Waals surface area contributed by atoms with Crippen molar-refractivity contribution in [3.8, 4) is 0 Å². The fourth-order valence-electron chi connectivity index (χ4n) is 1.14. The lowest BCUT2D eigenvalue weighted by Gasteiger charge is -2.04. The molecule has 0 aromatic heterocycles. The highest BCUT2D eigenvalue weighted by Gasteiger charge is 2.29. The molecule has 1 aromatic rings. The Labute approximate surface area is 105 Å². The van der Waals surface area contributed by atoms with E-state index in [4.69, 9.17) is 14.6 Å². The summed E-state index contributed by atoms with van der Waals surface area (Å²) in [5.74, 6) is -1.82. The molecular weight excluding hydrogens is 236 g/mol. The number of allylic oxidation sites excluding steroid dienone is 1. The zero-order valence-corrected chi connectivity index (χ0v) is 9.96. The van der Waals surface area contributed by atoms with Gasteiger partial charge >= 0.3 is 11.9 Å². The lowest BCUT2D eigenvalue weighted by atomic mass is 10.1. The van der Waals surface area contributed by atoms with Gasteiger partial charge in [-0.2, -0.15) is 0 Å². The van der Waals surface area contributed by atoms with E-state index in [1.807, 2.05) is 6.92 Å². The molecule has 2 rings (SSSR count). The third-order valence-electron chi connectivity index (χ3n) is 1.92. The van der Waals surface area contributed by atoms with Crippen molar-refractivity contribution in [1.29, 1.82) is 0 Å². The number of hydrogen-bond donors (Lipinski definition) is 1. The van der Waals surface area contributed by atoms with Crippen LogP contribution >= 0.6 is 0 Å². The molecule has 1 unspecified atom stereocenters. The van der Waals surface area contributed by atoms with Crippen LogP contribution in [0.2, 0.25) is 0 Å². The summed E-state index contributed by atoms with van der Waals surface area (Å²) in [5, 5.41) is 8.83. The first-order valence-electron chi connectivity index (χ1n) is 5.32. The number of aromatic carboxylic acids is 1. The minimum atomic E-state index is -1.15. The molecule has 1 heterocycles. The molecule has 1 fully saturated rings. The largest absolute Gasteiger partial charge is 0.478 e. The number of ether oxygens (including phenoxy) is 2. The quantitative estimate of drug-likeness (QED) is 0.505. The summed E-state index contributed by atoms with van der Waals surface area (Å²) in [5.41, 5.74) is -0.0244. The molecule has 1 atom stereocenters. The van der Waals surface area contributed by atoms with Gasteiger partial charge in [0, 0.05) is 0 Å². The van der Waals surface area contributed by atoms with E-state index in [1.165, 1.54) is 12.1 Å². The zero-order valence-electron chi connectivity index (χ0n) is 9.96. The molecule has 1 aliphatic heterocycles. The zero-order chi connectivity index (χ0) is 13.5. The van der Waals surface area contributed by atoms with Crippen molar-refractivity contribution in [2.45, 2.75) is 13.2 Å². The molecule has 1 aliphatic rings. The Kier molecular flexibility index (Phi) is 5.07. The van der Waals surface area contributed by atoms with E-state index in [9.17, 15) is 9.59 Å². The van der Waals surface area contributed by atoms with Crippen LogP contribution in [0.3, 0.4) is 0 Å². The van der Waals surface area contributed by atoms with Gasteiger partial charge in [0.15, 0.2) is 0 Å². The summed E-state index contributed by atoms with van der Waals surface area (Å²) >= 11 is 0. The van der Waals surface area contributed by atoms with E-state index in [0.29, 0.717) is 6.61 Å². The Morgan fingerprint density at radius 2 is 1.94 bits per heavy atom. The average Bonchev–Trinajstić information content (AvgIpc) is 3.14. The Hall–Kier alpha value is -2.14. The number of carboxylic acids is 1. The third-order valence-corrected chi connectivity index (χ3v) is 1.92. The summed E-state index contributed by atoms with van der Waals surface area (Å²) in [6.45, 7) is 5.63. The van der Waals surface area contributed by atoms with Crippen molar-refractivity contribution in [3.63, 3.8) is 0 Å². The molecule has 0 saturated carbocycles. The third kappa shape index (κ3) is 4.03. The molecule has 96 valence electrons. The maximum atomic E-state index is 11.5. The maximum Gasteiger partial charge on any atom is 0.341 e. The molecule has 1 saturated heterocycles. The van der Waals surface area contributed by atoms with E-state index in [-0.39, 0.29) is 11.1 Å². The minimum absolute atomic E-state index is 0.0421. The number of carbonyl (C=O) groups excluding carboxylic acids is 1. The number of esters is 1. The van der Waals surface area contributed by atoms with Crippen LogP contribution in [0.1, 0.15) is 27.6 Å². The molecule has 0 spiro atoms. The number of hydrogen-bond acceptors (Lipinski definition) is 4. The van der Waals surface area contributed by atoms with Crippen LogP contribution < -0.4 is 0 Å². The molecule has 0 bridgehead atoms. The first-order valence-corrected chi connectivity index (χ1v) is 5.32. The van der Waals surface area contributed by atoms with Gasteiger partial charge in [0.05, 0.1) is 11.1 Å². The topological polar surface area (TPSA) is 76.1 Å². The van der Waals surface area contributed by atoms with E-state index in [1.54, 1.807) is 18.2 Å². The van der Waals surface area contributed by atoms with E-state index < -0.39 is 18.2 Å². The standard InChI is InChI=1S/C10H8O5.C3H6/c11-9(12)6-3-1-2-4-7(6)10(13)15-8-5-14-8;1-3-2/h1-4,8H,5H2,(H,11,12);3H,1H2,2H3. The molecule has 1 N–H and O–H groups in total. The maximum absolute atomic E-state index is 11.5. The Balaban J connectivity index is 0.000000492. The van der Waals surface area contributed by atoms with Crippen LogP contribution in [0.15, 0.2) is 36.9 Å². The summed E-state index contributed by atoms with van der Waals surface area (Å²) < 4.78 is 9.52. The second-order valence-corrected chi connectivity index (χ2v) is 3.43. The van der Waals surface area contributed by atoms with Crippen molar-refractivity contribution in [2.24, 2.45) is 0 Å². The average molecular weight is 250 g/mol. The van der Waals surface area contributed by atoms with Gasteiger partial charge < -0.3 is 14.6 Å². The van der Waals surface area contributed by atoms with Crippen molar-refractivity contribution in [3.05, 3.63) is 48.0 Å². The van der Waals surface area contributed by atoms with Crippen LogP contribution in [0.5, 0.6) is 0 Å². The first-order chi connectivity index (χ1) is 8.60. The molecule has 5 nitrogen and oxygen atoms in total. The van der Waals surface area contributed by atoms with Gasteiger partial charge in [0.1, 0.15) is 6.61 Å². The SMILES string of the molecule is C=CC.O=C(O)c1ccccc1C(=O)OC1CO1. The predicted octanol–water partition coefficient (Wildman–Crippen LogP) is 2.09. The van der Waals surface area contributed by atoms with Crippen LogP contribution in [0.25, 0.3) is 0 Å². The lowest BCUT2D eigenvalue weighted by Crippen LogP contribution is -2.12. The van der Waals surface area contributed by atoms with Gasteiger partial charge in [0.25, 0.3) is 0 Å². The van der Waals surface area contributed by atoms with Gasteiger partial charge in [0.2, 0.25) is 6.29 Å². The summed E-state index contributed by atoms with van der Waals surface area (Å²) in [6, 6.07) is 5.89. The summed E-state index contributed by atoms with van der Waals surface area (Å²) in [6.07, 6.45) is 1.24. The molecule has 0 aliphatic carbocycles. The highest BCUT2D eigenvalue weighted by atomic mass is 16.8. The van der Waals surface area contributed by atoms with Gasteiger partial charge in [-0.05, 0) is 19.1 Å². The van der Waals surface area contributed by atoms with Crippen molar-refractivity contribution < 1.29 is 24.2 Å². The predicted molar refractivity (Wildman–Crippen MR) is 64.4 cm³/mol. The van der Waals surface area contributed by atoms with Crippen molar-refractivity contribution in [2.75, 3.05) is 6.61 Å². The minimum Gasteiger partial charge on any atom is -0.478 e. The Morgan fingerprint density at radius 1 is 1.44 bits per heavy atom. The molecule has 1 aromatic carbocycles. The highest BCUT2D eigenvalue weighted by Crippen LogP contribution is 2.16. The fourth-order valence-corrected chi connectivity index (χ4v) is 1.14. The second kappa shape index (κ2) is 6.56. The van der Waals surface area contributed by atoms with Crippen LogP contribution in [-0.2, 0) is 9.47 Å². The Morgan fingerprint density at radius 3 is 2.39 bits per heavy atom. The number of carbonyl (C=O) groups is 2. The summed E-state index contributed by atoms with van der Waals surface area (Å²) in [7, 11) is 0. The number of carboxylic acid groups (broad SMARTS) is 1. The normalized spacial score (nSPS) is 15.9. The van der Waals surface area contributed by atoms with E-state index >= 15 is 0 Å². The van der Waals surface area contributed by atoms with E-state index in [2.05, 4.69) is 6.58 Å². The van der Waals surface area contributed by atoms with Crippen LogP contribution in [0.4, 0.5) is 0 Å². The van der Waals surface area contributed by atoms with Crippen LogP contribution in [-0.4, -0.2) is 29.9 Å².